The summed E-state index contributed by atoms with van der Waals surface area (Å²) in [6.07, 6.45) is 2.76. The molecule has 3 aromatic carbocycles. The molecule has 0 amide bonds. The molecule has 1 heterocycles. The Balaban J connectivity index is 1.66. The summed E-state index contributed by atoms with van der Waals surface area (Å²) >= 11 is 0. The standard InChI is InChI=1S/C32H41NO3/c1-31(2,24-35)27-15-13-26(14-16-27)30(36)17-20-32(28-9-5-3-6-10-28,29-11-7-4-8-12-29)33-21-18-25(23-34)19-22-33/h3-16,25,30,34-36H,17-24H2,1-2H3. The van der Waals surface area contributed by atoms with Gasteiger partial charge in [-0.15, -0.1) is 0 Å². The number of hydrogen-bond donors (Lipinski definition) is 3. The van der Waals surface area contributed by atoms with E-state index in [1.807, 2.05) is 38.1 Å². The summed E-state index contributed by atoms with van der Waals surface area (Å²) < 4.78 is 0. The summed E-state index contributed by atoms with van der Waals surface area (Å²) in [4.78, 5) is 2.57. The molecule has 1 unspecified atom stereocenters. The molecule has 1 aliphatic rings. The Labute approximate surface area is 216 Å². The van der Waals surface area contributed by atoms with Crippen molar-refractivity contribution in [3.8, 4) is 0 Å². The monoisotopic (exact) mass is 487 g/mol. The van der Waals surface area contributed by atoms with Crippen molar-refractivity contribution in [2.24, 2.45) is 5.92 Å². The number of benzene rings is 3. The molecule has 1 aliphatic heterocycles. The van der Waals surface area contributed by atoms with Gasteiger partial charge in [0.2, 0.25) is 0 Å². The molecule has 36 heavy (non-hydrogen) atoms. The van der Waals surface area contributed by atoms with Crippen LogP contribution in [0.1, 0.15) is 67.9 Å². The molecule has 192 valence electrons. The summed E-state index contributed by atoms with van der Waals surface area (Å²) in [7, 11) is 0. The van der Waals surface area contributed by atoms with E-state index in [0.29, 0.717) is 12.3 Å². The second-order valence-corrected chi connectivity index (χ2v) is 10.9. The van der Waals surface area contributed by atoms with Crippen molar-refractivity contribution in [3.05, 3.63) is 107 Å². The average Bonchev–Trinajstić information content (AvgIpc) is 2.95. The van der Waals surface area contributed by atoms with Crippen molar-refractivity contribution in [1.29, 1.82) is 0 Å². The highest BCUT2D eigenvalue weighted by Gasteiger charge is 2.41. The Morgan fingerprint density at radius 1 is 0.778 bits per heavy atom. The highest BCUT2D eigenvalue weighted by atomic mass is 16.3. The number of likely N-dealkylation sites (tertiary alicyclic amines) is 1. The van der Waals surface area contributed by atoms with Crippen LogP contribution < -0.4 is 0 Å². The van der Waals surface area contributed by atoms with Gasteiger partial charge < -0.3 is 15.3 Å². The lowest BCUT2D eigenvalue weighted by atomic mass is 9.75. The predicted molar refractivity (Wildman–Crippen MR) is 146 cm³/mol. The molecule has 0 saturated carbocycles. The zero-order chi connectivity index (χ0) is 25.6. The SMILES string of the molecule is CC(C)(CO)c1ccc(C(O)CCC(c2ccccc2)(c2ccccc2)N2CCC(CO)CC2)cc1. The molecular weight excluding hydrogens is 446 g/mol. The maximum absolute atomic E-state index is 11.3. The number of aliphatic hydroxyl groups is 3. The van der Waals surface area contributed by atoms with Gasteiger partial charge >= 0.3 is 0 Å². The van der Waals surface area contributed by atoms with Crippen molar-refractivity contribution >= 4 is 0 Å². The van der Waals surface area contributed by atoms with E-state index in [4.69, 9.17) is 0 Å². The molecule has 0 spiro atoms. The van der Waals surface area contributed by atoms with E-state index < -0.39 is 6.10 Å². The van der Waals surface area contributed by atoms with Crippen LogP contribution in [0.5, 0.6) is 0 Å². The largest absolute Gasteiger partial charge is 0.396 e. The zero-order valence-electron chi connectivity index (χ0n) is 21.7. The highest BCUT2D eigenvalue weighted by molar-refractivity contribution is 5.39. The minimum atomic E-state index is -0.585. The first-order valence-electron chi connectivity index (χ1n) is 13.3. The molecule has 0 aromatic heterocycles. The van der Waals surface area contributed by atoms with E-state index >= 15 is 0 Å². The van der Waals surface area contributed by atoms with Crippen LogP contribution in [0.4, 0.5) is 0 Å². The average molecular weight is 488 g/mol. The summed E-state index contributed by atoms with van der Waals surface area (Å²) in [5.41, 5.74) is 3.79. The second kappa shape index (κ2) is 11.7. The first-order chi connectivity index (χ1) is 17.4. The van der Waals surface area contributed by atoms with Gasteiger partial charge in [-0.3, -0.25) is 4.90 Å². The van der Waals surface area contributed by atoms with Crippen LogP contribution in [-0.4, -0.2) is 46.5 Å². The minimum Gasteiger partial charge on any atom is -0.396 e. The van der Waals surface area contributed by atoms with E-state index in [2.05, 4.69) is 65.6 Å². The van der Waals surface area contributed by atoms with Crippen LogP contribution in [0.3, 0.4) is 0 Å². The fraction of sp³-hybridized carbons (Fsp3) is 0.438. The summed E-state index contributed by atoms with van der Waals surface area (Å²) in [6.45, 7) is 6.20. The van der Waals surface area contributed by atoms with Crippen molar-refractivity contribution in [2.75, 3.05) is 26.3 Å². The van der Waals surface area contributed by atoms with Gasteiger partial charge in [-0.25, -0.2) is 0 Å². The molecule has 0 bridgehead atoms. The van der Waals surface area contributed by atoms with Gasteiger partial charge in [-0.2, -0.15) is 0 Å². The summed E-state index contributed by atoms with van der Waals surface area (Å²) in [5, 5.41) is 30.7. The molecule has 1 fully saturated rings. The van der Waals surface area contributed by atoms with E-state index in [1.54, 1.807) is 0 Å². The lowest BCUT2D eigenvalue weighted by molar-refractivity contribution is 0.0409. The Bertz CT molecular complexity index is 1020. The van der Waals surface area contributed by atoms with Crippen molar-refractivity contribution in [1.82, 2.24) is 4.90 Å². The number of nitrogens with zero attached hydrogens (tertiary/aromatic N) is 1. The molecule has 3 aromatic rings. The Hall–Kier alpha value is -2.50. The van der Waals surface area contributed by atoms with E-state index in [1.165, 1.54) is 11.1 Å². The van der Waals surface area contributed by atoms with E-state index in [0.717, 1.165) is 43.5 Å². The third-order valence-electron chi connectivity index (χ3n) is 8.17. The number of piperidine rings is 1. The maximum Gasteiger partial charge on any atom is 0.0791 e. The van der Waals surface area contributed by atoms with Gasteiger partial charge in [0.15, 0.2) is 0 Å². The van der Waals surface area contributed by atoms with E-state index in [-0.39, 0.29) is 24.2 Å². The zero-order valence-corrected chi connectivity index (χ0v) is 21.7. The first-order valence-corrected chi connectivity index (χ1v) is 13.3. The third kappa shape index (κ3) is 5.57. The van der Waals surface area contributed by atoms with Crippen LogP contribution in [0, 0.1) is 5.92 Å². The molecule has 4 heteroatoms. The fourth-order valence-corrected chi connectivity index (χ4v) is 5.66. The van der Waals surface area contributed by atoms with Crippen LogP contribution in [0.2, 0.25) is 0 Å². The molecule has 1 atom stereocenters. The van der Waals surface area contributed by atoms with Crippen LogP contribution >= 0.6 is 0 Å². The Morgan fingerprint density at radius 2 is 1.31 bits per heavy atom. The number of aliphatic hydroxyl groups excluding tert-OH is 3. The molecule has 4 nitrogen and oxygen atoms in total. The molecule has 3 N–H and O–H groups in total. The topological polar surface area (TPSA) is 63.9 Å². The molecule has 0 aliphatic carbocycles. The van der Waals surface area contributed by atoms with E-state index in [9.17, 15) is 15.3 Å². The Morgan fingerprint density at radius 3 is 1.78 bits per heavy atom. The predicted octanol–water partition coefficient (Wildman–Crippen LogP) is 5.42. The smallest absolute Gasteiger partial charge is 0.0791 e. The minimum absolute atomic E-state index is 0.0819. The van der Waals surface area contributed by atoms with Gasteiger partial charge in [0.1, 0.15) is 0 Å². The lowest BCUT2D eigenvalue weighted by Crippen LogP contribution is -2.51. The normalized spacial score (nSPS) is 16.7. The summed E-state index contributed by atoms with van der Waals surface area (Å²) in [5.74, 6) is 0.359. The van der Waals surface area contributed by atoms with Gasteiger partial charge in [0, 0.05) is 12.0 Å². The Kier molecular flexibility index (Phi) is 8.63. The number of hydrogen-bond acceptors (Lipinski definition) is 4. The van der Waals surface area contributed by atoms with Crippen LogP contribution in [0.25, 0.3) is 0 Å². The first kappa shape index (κ1) is 26.6. The molecular formula is C32H41NO3. The van der Waals surface area contributed by atoms with Crippen molar-refractivity contribution < 1.29 is 15.3 Å². The molecule has 0 radical (unpaired) electrons. The quantitative estimate of drug-likeness (QED) is 0.357. The lowest BCUT2D eigenvalue weighted by Gasteiger charge is -2.48. The van der Waals surface area contributed by atoms with Gasteiger partial charge in [0.25, 0.3) is 0 Å². The van der Waals surface area contributed by atoms with Crippen molar-refractivity contribution in [2.45, 2.75) is 56.6 Å². The fourth-order valence-electron chi connectivity index (χ4n) is 5.66. The highest BCUT2D eigenvalue weighted by Crippen LogP contribution is 2.43. The van der Waals surface area contributed by atoms with Gasteiger partial charge in [-0.05, 0) is 66.9 Å². The maximum atomic E-state index is 11.3. The van der Waals surface area contributed by atoms with Crippen LogP contribution in [0.15, 0.2) is 84.9 Å². The van der Waals surface area contributed by atoms with Crippen molar-refractivity contribution in [3.63, 3.8) is 0 Å². The second-order valence-electron chi connectivity index (χ2n) is 10.9. The van der Waals surface area contributed by atoms with Crippen LogP contribution in [-0.2, 0) is 11.0 Å². The summed E-state index contributed by atoms with van der Waals surface area (Å²) in [6, 6.07) is 29.4. The molecule has 4 rings (SSSR count). The molecule has 1 saturated heterocycles. The third-order valence-corrected chi connectivity index (χ3v) is 8.17. The number of rotatable bonds is 10. The van der Waals surface area contributed by atoms with Gasteiger partial charge in [0.05, 0.1) is 18.2 Å². The van der Waals surface area contributed by atoms with Gasteiger partial charge in [-0.1, -0.05) is 98.8 Å².